The van der Waals surface area contributed by atoms with E-state index < -0.39 is 10.0 Å². The maximum Gasteiger partial charge on any atom is 0.211 e. The first-order valence-electron chi connectivity index (χ1n) is 6.64. The highest BCUT2D eigenvalue weighted by Crippen LogP contribution is 2.08. The Balaban J connectivity index is 2.39. The van der Waals surface area contributed by atoms with Gasteiger partial charge in [0.2, 0.25) is 10.0 Å². The molecule has 19 heavy (non-hydrogen) atoms. The van der Waals surface area contributed by atoms with Crippen LogP contribution < -0.4 is 4.72 Å². The van der Waals surface area contributed by atoms with Crippen molar-refractivity contribution in [2.45, 2.75) is 26.2 Å². The van der Waals surface area contributed by atoms with E-state index in [1.54, 1.807) is 0 Å². The third-order valence-electron chi connectivity index (χ3n) is 3.19. The van der Waals surface area contributed by atoms with Gasteiger partial charge in [0, 0.05) is 12.4 Å². The molecule has 0 radical (unpaired) electrons. The lowest BCUT2D eigenvalue weighted by molar-refractivity contribution is 0.481. The van der Waals surface area contributed by atoms with Crippen molar-refractivity contribution >= 4 is 21.6 Å². The summed E-state index contributed by atoms with van der Waals surface area (Å²) < 4.78 is 26.4. The normalized spacial score (nSPS) is 13.4. The zero-order chi connectivity index (χ0) is 14.1. The maximum absolute atomic E-state index is 11.9. The molecule has 1 N–H and O–H groups in total. The van der Waals surface area contributed by atoms with Crippen molar-refractivity contribution in [1.29, 1.82) is 0 Å². The van der Waals surface area contributed by atoms with Gasteiger partial charge in [-0.2, -0.15) is 0 Å². The molecule has 108 valence electrons. The van der Waals surface area contributed by atoms with Crippen LogP contribution in [0.15, 0.2) is 30.3 Å². The largest absolute Gasteiger partial charge is 0.215 e. The average Bonchev–Trinajstić information content (AvgIpc) is 2.42. The summed E-state index contributed by atoms with van der Waals surface area (Å²) in [6, 6.07) is 9.65. The predicted molar refractivity (Wildman–Crippen MR) is 81.1 cm³/mol. The third-order valence-corrected chi connectivity index (χ3v) is 4.76. The number of halogens is 1. The minimum atomic E-state index is -3.20. The lowest BCUT2D eigenvalue weighted by atomic mass is 10.0. The topological polar surface area (TPSA) is 46.2 Å². The summed E-state index contributed by atoms with van der Waals surface area (Å²) in [5.41, 5.74) is 1.04. The van der Waals surface area contributed by atoms with Gasteiger partial charge in [-0.3, -0.25) is 0 Å². The first-order valence-corrected chi connectivity index (χ1v) is 8.83. The Bertz CT molecular complexity index is 448. The van der Waals surface area contributed by atoms with Gasteiger partial charge in [-0.15, -0.1) is 11.6 Å². The molecule has 0 heterocycles. The molecule has 0 spiro atoms. The SMILES string of the molecule is CCC(CCCl)CNS(=O)(=O)CCc1ccccc1. The number of benzene rings is 1. The van der Waals surface area contributed by atoms with Crippen LogP contribution in [0.3, 0.4) is 0 Å². The minimum absolute atomic E-state index is 0.133. The Labute approximate surface area is 121 Å². The van der Waals surface area contributed by atoms with Gasteiger partial charge in [-0.25, -0.2) is 13.1 Å². The number of hydrogen-bond donors (Lipinski definition) is 1. The van der Waals surface area contributed by atoms with E-state index in [0.717, 1.165) is 18.4 Å². The molecular weight excluding hydrogens is 282 g/mol. The summed E-state index contributed by atoms with van der Waals surface area (Å²) in [6.45, 7) is 2.54. The first kappa shape index (κ1) is 16.5. The summed E-state index contributed by atoms with van der Waals surface area (Å²) in [5.74, 6) is 1.03. The van der Waals surface area contributed by atoms with Crippen LogP contribution in [0.1, 0.15) is 25.3 Å². The molecule has 5 heteroatoms. The maximum atomic E-state index is 11.9. The monoisotopic (exact) mass is 303 g/mol. The smallest absolute Gasteiger partial charge is 0.211 e. The highest BCUT2D eigenvalue weighted by atomic mass is 35.5. The summed E-state index contributed by atoms with van der Waals surface area (Å²) in [4.78, 5) is 0. The fraction of sp³-hybridized carbons (Fsp3) is 0.571. The molecule has 3 nitrogen and oxygen atoms in total. The van der Waals surface area contributed by atoms with Crippen LogP contribution in [-0.4, -0.2) is 26.6 Å². The first-order chi connectivity index (χ1) is 9.07. The quantitative estimate of drug-likeness (QED) is 0.713. The van der Waals surface area contributed by atoms with Gasteiger partial charge in [-0.05, 0) is 24.3 Å². The van der Waals surface area contributed by atoms with E-state index in [-0.39, 0.29) is 5.75 Å². The molecule has 0 aliphatic heterocycles. The number of sulfonamides is 1. The van der Waals surface area contributed by atoms with Crippen LogP contribution in [-0.2, 0) is 16.4 Å². The van der Waals surface area contributed by atoms with Gasteiger partial charge in [0.05, 0.1) is 5.75 Å². The molecule has 1 unspecified atom stereocenters. The molecule has 0 amide bonds. The lowest BCUT2D eigenvalue weighted by Gasteiger charge is -2.14. The second-order valence-electron chi connectivity index (χ2n) is 4.65. The molecule has 0 saturated carbocycles. The summed E-state index contributed by atoms with van der Waals surface area (Å²) in [7, 11) is -3.20. The molecule has 0 aromatic heterocycles. The Kier molecular flexibility index (Phi) is 7.42. The Hall–Kier alpha value is -0.580. The number of aryl methyl sites for hydroxylation is 1. The van der Waals surface area contributed by atoms with Gasteiger partial charge in [0.15, 0.2) is 0 Å². The Morgan fingerprint density at radius 2 is 1.95 bits per heavy atom. The summed E-state index contributed by atoms with van der Waals surface area (Å²) in [5, 5.41) is 0. The van der Waals surface area contributed by atoms with Crippen LogP contribution in [0.5, 0.6) is 0 Å². The van der Waals surface area contributed by atoms with Gasteiger partial charge in [0.25, 0.3) is 0 Å². The van der Waals surface area contributed by atoms with Crippen LogP contribution in [0.2, 0.25) is 0 Å². The second kappa shape index (κ2) is 8.56. The van der Waals surface area contributed by atoms with Crippen LogP contribution in [0.25, 0.3) is 0 Å². The summed E-state index contributed by atoms with van der Waals surface area (Å²) in [6.07, 6.45) is 2.33. The lowest BCUT2D eigenvalue weighted by Crippen LogP contribution is -2.32. The minimum Gasteiger partial charge on any atom is -0.215 e. The van der Waals surface area contributed by atoms with Crippen LogP contribution in [0.4, 0.5) is 0 Å². The third kappa shape index (κ3) is 6.95. The number of nitrogens with one attached hydrogen (secondary N) is 1. The van der Waals surface area contributed by atoms with Crippen LogP contribution >= 0.6 is 11.6 Å². The van der Waals surface area contributed by atoms with Crippen molar-refractivity contribution in [2.75, 3.05) is 18.2 Å². The van der Waals surface area contributed by atoms with Crippen LogP contribution in [0, 0.1) is 5.92 Å². The number of alkyl halides is 1. The van der Waals surface area contributed by atoms with Crippen molar-refractivity contribution in [3.05, 3.63) is 35.9 Å². The van der Waals surface area contributed by atoms with E-state index >= 15 is 0 Å². The molecule has 0 aliphatic carbocycles. The standard InChI is InChI=1S/C14H22ClNO2S/c1-2-13(8-10-15)12-16-19(17,18)11-9-14-6-4-3-5-7-14/h3-7,13,16H,2,8-12H2,1H3. The molecule has 1 aromatic rings. The second-order valence-corrected chi connectivity index (χ2v) is 6.96. The Morgan fingerprint density at radius 1 is 1.26 bits per heavy atom. The van der Waals surface area contributed by atoms with Gasteiger partial charge < -0.3 is 0 Å². The van der Waals surface area contributed by atoms with Gasteiger partial charge in [-0.1, -0.05) is 43.7 Å². The fourth-order valence-electron chi connectivity index (χ4n) is 1.82. The summed E-state index contributed by atoms with van der Waals surface area (Å²) >= 11 is 5.69. The fourth-order valence-corrected chi connectivity index (χ4v) is 3.27. The molecule has 0 saturated heterocycles. The molecule has 0 aliphatic rings. The highest BCUT2D eigenvalue weighted by Gasteiger charge is 2.13. The molecule has 1 atom stereocenters. The van der Waals surface area contributed by atoms with Gasteiger partial charge in [0.1, 0.15) is 0 Å². The van der Waals surface area contributed by atoms with E-state index in [2.05, 4.69) is 11.6 Å². The highest BCUT2D eigenvalue weighted by molar-refractivity contribution is 7.89. The molecule has 1 rings (SSSR count). The van der Waals surface area contributed by atoms with E-state index in [1.165, 1.54) is 0 Å². The van der Waals surface area contributed by atoms with Crippen molar-refractivity contribution in [2.24, 2.45) is 5.92 Å². The van der Waals surface area contributed by atoms with E-state index in [1.807, 2.05) is 30.3 Å². The van der Waals surface area contributed by atoms with E-state index in [9.17, 15) is 8.42 Å². The van der Waals surface area contributed by atoms with Gasteiger partial charge >= 0.3 is 0 Å². The molecular formula is C14H22ClNO2S. The van der Waals surface area contributed by atoms with Crippen molar-refractivity contribution < 1.29 is 8.42 Å². The van der Waals surface area contributed by atoms with Crippen molar-refractivity contribution in [3.8, 4) is 0 Å². The van der Waals surface area contributed by atoms with E-state index in [4.69, 9.17) is 11.6 Å². The molecule has 1 aromatic carbocycles. The molecule has 0 bridgehead atoms. The zero-order valence-electron chi connectivity index (χ0n) is 11.3. The average molecular weight is 304 g/mol. The predicted octanol–water partition coefficient (Wildman–Crippen LogP) is 2.80. The van der Waals surface area contributed by atoms with Crippen molar-refractivity contribution in [3.63, 3.8) is 0 Å². The molecule has 0 fully saturated rings. The van der Waals surface area contributed by atoms with E-state index in [0.29, 0.717) is 24.8 Å². The number of hydrogen-bond acceptors (Lipinski definition) is 2. The zero-order valence-corrected chi connectivity index (χ0v) is 12.9. The van der Waals surface area contributed by atoms with Crippen molar-refractivity contribution in [1.82, 2.24) is 4.72 Å². The Morgan fingerprint density at radius 3 is 2.53 bits per heavy atom. The number of rotatable bonds is 9.